The third-order valence-corrected chi connectivity index (χ3v) is 3.59. The van der Waals surface area contributed by atoms with Crippen molar-refractivity contribution in [3.8, 4) is 11.5 Å². The number of rotatable bonds is 4. The van der Waals surface area contributed by atoms with Gasteiger partial charge in [0, 0.05) is 22.8 Å². The van der Waals surface area contributed by atoms with Crippen molar-refractivity contribution in [1.29, 1.82) is 0 Å². The van der Waals surface area contributed by atoms with Crippen LogP contribution >= 0.6 is 31.9 Å². The van der Waals surface area contributed by atoms with E-state index in [2.05, 4.69) is 31.9 Å². The Labute approximate surface area is 145 Å². The second kappa shape index (κ2) is 9.79. The van der Waals surface area contributed by atoms with E-state index in [1.807, 2.05) is 0 Å². The first kappa shape index (κ1) is 18.9. The maximum atomic E-state index is 12.9. The number of hydrogen-bond acceptors (Lipinski definition) is 2. The summed E-state index contributed by atoms with van der Waals surface area (Å²) in [6.07, 6.45) is 1.29. The molecule has 22 heavy (non-hydrogen) atoms. The maximum absolute atomic E-state index is 12.9. The minimum atomic E-state index is -0.343. The van der Waals surface area contributed by atoms with Crippen LogP contribution < -0.4 is 0 Å². The first-order chi connectivity index (χ1) is 10.5. The van der Waals surface area contributed by atoms with E-state index in [-0.39, 0.29) is 23.1 Å². The van der Waals surface area contributed by atoms with Crippen molar-refractivity contribution in [3.05, 3.63) is 59.2 Å². The van der Waals surface area contributed by atoms with Crippen molar-refractivity contribution in [2.75, 3.05) is 10.7 Å². The quantitative estimate of drug-likeness (QED) is 0.665. The highest BCUT2D eigenvalue weighted by Gasteiger charge is 2.01. The second-order valence-corrected chi connectivity index (χ2v) is 6.02. The molecular formula is C16H16Br2F2O2. The molecular weight excluding hydrogens is 422 g/mol. The fraction of sp³-hybridized carbons (Fsp3) is 0.250. The third kappa shape index (κ3) is 6.32. The predicted octanol–water partition coefficient (Wildman–Crippen LogP) is 4.94. The highest BCUT2D eigenvalue weighted by molar-refractivity contribution is 9.09. The first-order valence-corrected chi connectivity index (χ1v) is 8.79. The molecule has 2 aromatic carbocycles. The highest BCUT2D eigenvalue weighted by Crippen LogP contribution is 2.16. The molecule has 0 aromatic heterocycles. The van der Waals surface area contributed by atoms with Gasteiger partial charge in [-0.05, 0) is 36.1 Å². The zero-order valence-electron chi connectivity index (χ0n) is 11.7. The Morgan fingerprint density at radius 2 is 1.09 bits per heavy atom. The number of aryl methyl sites for hydroxylation is 2. The number of phenols is 2. The molecule has 0 saturated heterocycles. The van der Waals surface area contributed by atoms with Crippen LogP contribution in [0.4, 0.5) is 8.78 Å². The Balaban J connectivity index is 0.000000220. The minimum Gasteiger partial charge on any atom is -0.508 e. The largest absolute Gasteiger partial charge is 0.508 e. The van der Waals surface area contributed by atoms with E-state index in [9.17, 15) is 8.78 Å². The summed E-state index contributed by atoms with van der Waals surface area (Å²) in [7, 11) is 0. The molecule has 0 saturated carbocycles. The summed E-state index contributed by atoms with van der Waals surface area (Å²) in [5.41, 5.74) is 1.25. The molecule has 2 rings (SSSR count). The Morgan fingerprint density at radius 1 is 0.727 bits per heavy atom. The van der Waals surface area contributed by atoms with E-state index >= 15 is 0 Å². The van der Waals surface area contributed by atoms with Gasteiger partial charge in [-0.3, -0.25) is 0 Å². The molecule has 0 heterocycles. The van der Waals surface area contributed by atoms with Gasteiger partial charge in [-0.2, -0.15) is 0 Å². The third-order valence-electron chi connectivity index (χ3n) is 2.80. The van der Waals surface area contributed by atoms with E-state index in [1.54, 1.807) is 12.1 Å². The van der Waals surface area contributed by atoms with E-state index < -0.39 is 0 Å². The summed E-state index contributed by atoms with van der Waals surface area (Å²) in [5.74, 6) is -0.740. The number of benzene rings is 2. The Hall–Kier alpha value is -1.14. The second-order valence-electron chi connectivity index (χ2n) is 4.43. The van der Waals surface area contributed by atoms with Crippen LogP contribution in [-0.4, -0.2) is 20.9 Å². The Morgan fingerprint density at radius 3 is 1.36 bits per heavy atom. The Bertz CT molecular complexity index is 553. The van der Waals surface area contributed by atoms with Gasteiger partial charge in [0.2, 0.25) is 0 Å². The lowest BCUT2D eigenvalue weighted by Crippen LogP contribution is -1.90. The fourth-order valence-electron chi connectivity index (χ4n) is 1.68. The smallest absolute Gasteiger partial charge is 0.130 e. The molecule has 0 aliphatic rings. The van der Waals surface area contributed by atoms with Crippen molar-refractivity contribution in [3.63, 3.8) is 0 Å². The van der Waals surface area contributed by atoms with E-state index in [0.717, 1.165) is 22.8 Å². The van der Waals surface area contributed by atoms with Crippen LogP contribution in [0.25, 0.3) is 0 Å². The molecule has 0 fully saturated rings. The zero-order valence-corrected chi connectivity index (χ0v) is 14.9. The number of aromatic hydroxyl groups is 2. The molecule has 0 aliphatic carbocycles. The molecule has 6 heteroatoms. The molecule has 0 atom stereocenters. The van der Waals surface area contributed by atoms with Crippen LogP contribution in [0.5, 0.6) is 11.5 Å². The predicted molar refractivity (Wildman–Crippen MR) is 91.1 cm³/mol. The summed E-state index contributed by atoms with van der Waals surface area (Å²) in [6, 6.07) is 8.40. The van der Waals surface area contributed by atoms with Crippen LogP contribution in [0.1, 0.15) is 11.1 Å². The van der Waals surface area contributed by atoms with E-state index in [0.29, 0.717) is 24.0 Å². The number of halogens is 4. The van der Waals surface area contributed by atoms with Crippen molar-refractivity contribution in [2.24, 2.45) is 0 Å². The van der Waals surface area contributed by atoms with Crippen molar-refractivity contribution in [1.82, 2.24) is 0 Å². The zero-order chi connectivity index (χ0) is 16.5. The molecule has 0 spiro atoms. The van der Waals surface area contributed by atoms with Gasteiger partial charge in [0.25, 0.3) is 0 Å². The molecule has 0 unspecified atom stereocenters. The average molecular weight is 438 g/mol. The molecule has 2 N–H and O–H groups in total. The van der Waals surface area contributed by atoms with E-state index in [4.69, 9.17) is 10.2 Å². The fourth-order valence-corrected chi connectivity index (χ4v) is 2.54. The monoisotopic (exact) mass is 436 g/mol. The van der Waals surface area contributed by atoms with Gasteiger partial charge in [0.05, 0.1) is 0 Å². The normalized spacial score (nSPS) is 10.0. The lowest BCUT2D eigenvalue weighted by Gasteiger charge is -1.99. The van der Waals surface area contributed by atoms with Crippen LogP contribution in [0.15, 0.2) is 36.4 Å². The van der Waals surface area contributed by atoms with Gasteiger partial charge >= 0.3 is 0 Å². The summed E-state index contributed by atoms with van der Waals surface area (Å²) in [4.78, 5) is 0. The maximum Gasteiger partial charge on any atom is 0.130 e. The van der Waals surface area contributed by atoms with Gasteiger partial charge in [-0.15, -0.1) is 0 Å². The lowest BCUT2D eigenvalue weighted by atomic mass is 10.1. The van der Waals surface area contributed by atoms with Crippen LogP contribution in [0, 0.1) is 11.6 Å². The van der Waals surface area contributed by atoms with Crippen LogP contribution in [0.2, 0.25) is 0 Å². The van der Waals surface area contributed by atoms with Crippen LogP contribution in [-0.2, 0) is 12.8 Å². The van der Waals surface area contributed by atoms with Crippen molar-refractivity contribution < 1.29 is 19.0 Å². The molecule has 120 valence electrons. The van der Waals surface area contributed by atoms with Crippen molar-refractivity contribution >= 4 is 31.9 Å². The summed E-state index contributed by atoms with van der Waals surface area (Å²) < 4.78 is 25.7. The summed E-state index contributed by atoms with van der Waals surface area (Å²) in [6.45, 7) is 0. The molecule has 0 bridgehead atoms. The highest BCUT2D eigenvalue weighted by atomic mass is 79.9. The standard InChI is InChI=1S/2C8H8BrFO/c2*9-4-3-6-1-2-7(11)5-8(6)10/h2*1-2,5,11H,3-4H2. The molecule has 2 aromatic rings. The molecule has 2 nitrogen and oxygen atoms in total. The van der Waals surface area contributed by atoms with Crippen LogP contribution in [0.3, 0.4) is 0 Å². The first-order valence-electron chi connectivity index (χ1n) is 6.54. The minimum absolute atomic E-state index is 0.0270. The van der Waals surface area contributed by atoms with Gasteiger partial charge in [-0.25, -0.2) is 8.78 Å². The number of alkyl halides is 2. The van der Waals surface area contributed by atoms with Gasteiger partial charge < -0.3 is 10.2 Å². The SMILES string of the molecule is Oc1ccc(CCBr)c(F)c1.Oc1ccc(CCBr)c(F)c1. The van der Waals surface area contributed by atoms with Gasteiger partial charge in [-0.1, -0.05) is 44.0 Å². The number of hydrogen-bond donors (Lipinski definition) is 2. The summed E-state index contributed by atoms with van der Waals surface area (Å²) in [5, 5.41) is 19.2. The summed E-state index contributed by atoms with van der Waals surface area (Å²) >= 11 is 6.42. The topological polar surface area (TPSA) is 40.5 Å². The van der Waals surface area contributed by atoms with E-state index in [1.165, 1.54) is 12.1 Å². The molecule has 0 radical (unpaired) electrons. The van der Waals surface area contributed by atoms with Gasteiger partial charge in [0.15, 0.2) is 0 Å². The number of phenolic OH excluding ortho intramolecular Hbond substituents is 2. The average Bonchev–Trinajstić information content (AvgIpc) is 2.46. The van der Waals surface area contributed by atoms with Gasteiger partial charge in [0.1, 0.15) is 23.1 Å². The lowest BCUT2D eigenvalue weighted by molar-refractivity contribution is 0.467. The van der Waals surface area contributed by atoms with Crippen molar-refractivity contribution in [2.45, 2.75) is 12.8 Å². The molecule has 0 amide bonds. The molecule has 0 aliphatic heterocycles. The Kier molecular flexibility index (Phi) is 8.42.